The van der Waals surface area contributed by atoms with Crippen LogP contribution in [0.1, 0.15) is 15.9 Å². The zero-order valence-electron chi connectivity index (χ0n) is 19.3. The minimum atomic E-state index is -4.53. The first-order valence-corrected chi connectivity index (χ1v) is 13.7. The minimum absolute atomic E-state index is 0.190. The molecule has 0 bridgehead atoms. The first kappa shape index (κ1) is 25.2. The van der Waals surface area contributed by atoms with E-state index in [1.165, 1.54) is 0 Å². The standard InChI is InChI=1S/C24H22F3N7OS2/c1-37(18-13-29-9-11-36-18)23-33-19(20-21(28)31-8-10-34(20)23)14-2-4-15(5-3-14)22(35)32-17-12-16(6-7-30-17)24(25,26)27/h2-8,10,12,18,29H,1,9,11,13H2,(H2,28,31)(H,30,32,35). The fourth-order valence-corrected chi connectivity index (χ4v) is 7.04. The molecular weight excluding hydrogens is 523 g/mol. The van der Waals surface area contributed by atoms with Crippen LogP contribution in [0.2, 0.25) is 0 Å². The molecule has 1 amide bonds. The SMILES string of the molecule is C=S(c1nc(-c2ccc(C(=O)Nc3cc(C(F)(F)F)ccn3)cc2)c2c(N)nccn12)C1CNCCS1. The lowest BCUT2D eigenvalue weighted by molar-refractivity contribution is -0.137. The molecule has 37 heavy (non-hydrogen) atoms. The Labute approximate surface area is 216 Å². The van der Waals surface area contributed by atoms with E-state index in [-0.39, 0.29) is 16.0 Å². The van der Waals surface area contributed by atoms with Crippen LogP contribution in [0.15, 0.2) is 60.1 Å². The van der Waals surface area contributed by atoms with Crippen molar-refractivity contribution in [2.45, 2.75) is 15.9 Å². The molecule has 1 aliphatic heterocycles. The third-order valence-electron chi connectivity index (χ3n) is 5.75. The molecule has 13 heteroatoms. The van der Waals surface area contributed by atoms with Crippen LogP contribution in [0.25, 0.3) is 16.8 Å². The van der Waals surface area contributed by atoms with Crippen molar-refractivity contribution in [1.82, 2.24) is 24.7 Å². The summed E-state index contributed by atoms with van der Waals surface area (Å²) in [4.78, 5) is 25.6. The summed E-state index contributed by atoms with van der Waals surface area (Å²) < 4.78 is 41.1. The predicted octanol–water partition coefficient (Wildman–Crippen LogP) is 4.37. The number of nitrogens with one attached hydrogen (secondary N) is 2. The van der Waals surface area contributed by atoms with Gasteiger partial charge in [-0.2, -0.15) is 13.2 Å². The van der Waals surface area contributed by atoms with Gasteiger partial charge in [-0.3, -0.25) is 9.20 Å². The van der Waals surface area contributed by atoms with Crippen LogP contribution >= 0.6 is 22.2 Å². The first-order valence-electron chi connectivity index (χ1n) is 11.1. The molecular formula is C24H22F3N7OS2. The van der Waals surface area contributed by atoms with Crippen LogP contribution in [0.4, 0.5) is 24.8 Å². The molecule has 4 aromatic rings. The van der Waals surface area contributed by atoms with Crippen molar-refractivity contribution < 1.29 is 18.0 Å². The summed E-state index contributed by atoms with van der Waals surface area (Å²) >= 11 is 1.87. The second-order valence-electron chi connectivity index (χ2n) is 8.17. The Kier molecular flexibility index (Phi) is 6.92. The molecule has 0 spiro atoms. The summed E-state index contributed by atoms with van der Waals surface area (Å²) in [5.41, 5.74) is 7.57. The van der Waals surface area contributed by atoms with Gasteiger partial charge < -0.3 is 16.4 Å². The molecule has 5 rings (SSSR count). The largest absolute Gasteiger partial charge is 0.416 e. The van der Waals surface area contributed by atoms with E-state index >= 15 is 0 Å². The number of hydrogen-bond acceptors (Lipinski definition) is 7. The number of pyridine rings is 1. The highest BCUT2D eigenvalue weighted by Crippen LogP contribution is 2.40. The zero-order chi connectivity index (χ0) is 26.2. The smallest absolute Gasteiger partial charge is 0.382 e. The van der Waals surface area contributed by atoms with Crippen LogP contribution in [0, 0.1) is 0 Å². The summed E-state index contributed by atoms with van der Waals surface area (Å²) in [5.74, 6) is 4.96. The lowest BCUT2D eigenvalue weighted by Crippen LogP contribution is -2.31. The number of alkyl halides is 3. The van der Waals surface area contributed by atoms with Crippen LogP contribution < -0.4 is 16.4 Å². The number of amides is 1. The molecule has 1 saturated heterocycles. The minimum Gasteiger partial charge on any atom is -0.382 e. The van der Waals surface area contributed by atoms with Crippen LogP contribution in [-0.4, -0.2) is 54.6 Å². The molecule has 4 heterocycles. The van der Waals surface area contributed by atoms with Crippen molar-refractivity contribution in [3.63, 3.8) is 0 Å². The van der Waals surface area contributed by atoms with Gasteiger partial charge in [0.2, 0.25) is 0 Å². The van der Waals surface area contributed by atoms with Crippen LogP contribution in [0.3, 0.4) is 0 Å². The van der Waals surface area contributed by atoms with Crippen LogP contribution in [-0.2, 0) is 6.18 Å². The lowest BCUT2D eigenvalue weighted by Gasteiger charge is -2.24. The quantitative estimate of drug-likeness (QED) is 0.320. The summed E-state index contributed by atoms with van der Waals surface area (Å²) in [6, 6.07) is 8.20. The summed E-state index contributed by atoms with van der Waals surface area (Å²) in [6.07, 6.45) is -0.101. The van der Waals surface area contributed by atoms with E-state index < -0.39 is 28.1 Å². The third-order valence-corrected chi connectivity index (χ3v) is 9.39. The topological polar surface area (TPSA) is 110 Å². The van der Waals surface area contributed by atoms with Crippen molar-refractivity contribution in [1.29, 1.82) is 0 Å². The highest BCUT2D eigenvalue weighted by molar-refractivity contribution is 8.25. The van der Waals surface area contributed by atoms with E-state index in [2.05, 4.69) is 26.5 Å². The third kappa shape index (κ3) is 5.20. The fourth-order valence-electron chi connectivity index (χ4n) is 3.91. The Morgan fingerprint density at radius 3 is 2.70 bits per heavy atom. The zero-order valence-corrected chi connectivity index (χ0v) is 21.0. The molecule has 3 aromatic heterocycles. The van der Waals surface area contributed by atoms with Crippen LogP contribution in [0.5, 0.6) is 0 Å². The maximum Gasteiger partial charge on any atom is 0.416 e. The number of nitrogens with two attached hydrogens (primary N) is 1. The van der Waals surface area contributed by atoms with Gasteiger partial charge in [-0.15, -0.1) is 22.2 Å². The Balaban J connectivity index is 1.43. The van der Waals surface area contributed by atoms with Crippen molar-refractivity contribution in [2.75, 3.05) is 29.9 Å². The van der Waals surface area contributed by atoms with Gasteiger partial charge in [-0.05, 0) is 24.3 Å². The van der Waals surface area contributed by atoms with Crippen molar-refractivity contribution in [2.24, 2.45) is 0 Å². The fraction of sp³-hybridized carbons (Fsp3) is 0.208. The van der Waals surface area contributed by atoms with Gasteiger partial charge in [-0.25, -0.2) is 15.0 Å². The molecule has 0 saturated carbocycles. The van der Waals surface area contributed by atoms with E-state index in [0.717, 1.165) is 42.3 Å². The summed E-state index contributed by atoms with van der Waals surface area (Å²) in [7, 11) is -0.431. The number of nitrogens with zero attached hydrogens (tertiary/aromatic N) is 4. The Bertz CT molecular complexity index is 1480. The number of carbonyl (C=O) groups excluding carboxylic acids is 1. The Morgan fingerprint density at radius 1 is 1.22 bits per heavy atom. The average Bonchev–Trinajstić information content (AvgIpc) is 3.29. The van der Waals surface area contributed by atoms with Gasteiger partial charge in [0.1, 0.15) is 22.8 Å². The molecule has 1 aromatic carbocycles. The summed E-state index contributed by atoms with van der Waals surface area (Å²) in [5, 5.41) is 6.60. The van der Waals surface area contributed by atoms with E-state index in [0.29, 0.717) is 22.6 Å². The van der Waals surface area contributed by atoms with Gasteiger partial charge in [0, 0.05) is 48.6 Å². The molecule has 1 aliphatic rings. The highest BCUT2D eigenvalue weighted by atomic mass is 32.2. The first-order chi connectivity index (χ1) is 17.7. The van der Waals surface area contributed by atoms with E-state index in [1.54, 1.807) is 30.5 Å². The lowest BCUT2D eigenvalue weighted by atomic mass is 10.1. The second-order valence-corrected chi connectivity index (χ2v) is 11.6. The highest BCUT2D eigenvalue weighted by Gasteiger charge is 2.31. The number of fused-ring (bicyclic) bond motifs is 1. The summed E-state index contributed by atoms with van der Waals surface area (Å²) in [6.45, 7) is 1.80. The predicted molar refractivity (Wildman–Crippen MR) is 142 cm³/mol. The number of aromatic nitrogens is 4. The molecule has 0 radical (unpaired) electrons. The number of carbonyl (C=O) groups is 1. The van der Waals surface area contributed by atoms with E-state index in [4.69, 9.17) is 10.7 Å². The van der Waals surface area contributed by atoms with Crippen molar-refractivity contribution >= 4 is 51.2 Å². The van der Waals surface area contributed by atoms with Gasteiger partial charge in [0.05, 0.1) is 10.1 Å². The molecule has 2 atom stereocenters. The normalized spacial score (nSPS) is 17.0. The number of hydrogen-bond donors (Lipinski definition) is 3. The number of imidazole rings is 1. The molecule has 2 unspecified atom stereocenters. The maximum absolute atomic E-state index is 13.0. The van der Waals surface area contributed by atoms with Crippen molar-refractivity contribution in [3.05, 3.63) is 66.1 Å². The van der Waals surface area contributed by atoms with E-state index in [1.807, 2.05) is 22.4 Å². The monoisotopic (exact) mass is 545 g/mol. The number of benzene rings is 1. The van der Waals surface area contributed by atoms with Crippen molar-refractivity contribution in [3.8, 4) is 11.3 Å². The second kappa shape index (κ2) is 10.1. The molecule has 8 nitrogen and oxygen atoms in total. The number of halogens is 3. The number of thioether (sulfide) groups is 1. The molecule has 0 aliphatic carbocycles. The van der Waals surface area contributed by atoms with E-state index in [9.17, 15) is 18.0 Å². The average molecular weight is 546 g/mol. The Morgan fingerprint density at radius 2 is 2.00 bits per heavy atom. The molecule has 1 fully saturated rings. The van der Waals surface area contributed by atoms with Gasteiger partial charge in [0.25, 0.3) is 5.91 Å². The Hall–Kier alpha value is -3.42. The number of rotatable bonds is 5. The molecule has 192 valence electrons. The van der Waals surface area contributed by atoms with Gasteiger partial charge >= 0.3 is 6.18 Å². The number of nitrogen functional groups attached to an aromatic ring is 1. The molecule has 4 N–H and O–H groups in total. The number of anilines is 2. The van der Waals surface area contributed by atoms with Gasteiger partial charge in [-0.1, -0.05) is 18.0 Å². The maximum atomic E-state index is 13.0. The van der Waals surface area contributed by atoms with Gasteiger partial charge in [0.15, 0.2) is 5.16 Å².